The fraction of sp³-hybridized carbons (Fsp3) is 0.600. The van der Waals surface area contributed by atoms with Crippen LogP contribution in [0.1, 0.15) is 43.7 Å². The van der Waals surface area contributed by atoms with Crippen LogP contribution in [0.15, 0.2) is 29.3 Å². The van der Waals surface area contributed by atoms with Crippen molar-refractivity contribution in [2.75, 3.05) is 26.2 Å². The zero-order chi connectivity index (χ0) is 18.2. The predicted octanol–water partition coefficient (Wildman–Crippen LogP) is 2.04. The lowest BCUT2D eigenvalue weighted by Gasteiger charge is -2.16. The Kier molecular flexibility index (Phi) is 6.89. The molecule has 0 aliphatic carbocycles. The third kappa shape index (κ3) is 5.46. The Labute approximate surface area is 156 Å². The van der Waals surface area contributed by atoms with Crippen LogP contribution in [0.2, 0.25) is 0 Å². The van der Waals surface area contributed by atoms with E-state index in [1.165, 1.54) is 5.56 Å². The lowest BCUT2D eigenvalue weighted by Crippen LogP contribution is -2.41. The van der Waals surface area contributed by atoms with Crippen LogP contribution < -0.4 is 10.6 Å². The van der Waals surface area contributed by atoms with E-state index >= 15 is 0 Å². The number of nitrogens with zero attached hydrogens (tertiary/aromatic N) is 2. The Morgan fingerprint density at radius 3 is 2.69 bits per heavy atom. The summed E-state index contributed by atoms with van der Waals surface area (Å²) in [6.07, 6.45) is 4.24. The molecular weight excluding hydrogens is 328 g/mol. The van der Waals surface area contributed by atoms with Gasteiger partial charge in [0.1, 0.15) is 0 Å². The fourth-order valence-corrected chi connectivity index (χ4v) is 3.37. The number of hydrogen-bond donors (Lipinski definition) is 2. The molecule has 6 heteroatoms. The van der Waals surface area contributed by atoms with Gasteiger partial charge in [-0.2, -0.15) is 0 Å². The molecule has 0 bridgehead atoms. The summed E-state index contributed by atoms with van der Waals surface area (Å²) < 4.78 is 5.65. The Hall–Kier alpha value is -2.08. The summed E-state index contributed by atoms with van der Waals surface area (Å²) in [5.74, 6) is 1.10. The van der Waals surface area contributed by atoms with Crippen molar-refractivity contribution >= 4 is 11.9 Å². The molecule has 1 aromatic carbocycles. The van der Waals surface area contributed by atoms with Gasteiger partial charge in [0.2, 0.25) is 5.91 Å². The second-order valence-electron chi connectivity index (χ2n) is 6.95. The lowest BCUT2D eigenvalue weighted by atomic mass is 10.1. The summed E-state index contributed by atoms with van der Waals surface area (Å²) in [5.41, 5.74) is 2.34. The van der Waals surface area contributed by atoms with Crippen LogP contribution in [0.4, 0.5) is 0 Å². The number of hydrogen-bond acceptors (Lipinski definition) is 3. The molecule has 0 saturated carbocycles. The number of likely N-dealkylation sites (tertiary alicyclic amines) is 1. The van der Waals surface area contributed by atoms with Crippen LogP contribution in [0, 0.1) is 0 Å². The monoisotopic (exact) mass is 358 g/mol. The normalized spacial score (nSPS) is 20.7. The molecule has 26 heavy (non-hydrogen) atoms. The van der Waals surface area contributed by atoms with Gasteiger partial charge in [0, 0.05) is 39.2 Å². The van der Waals surface area contributed by atoms with Crippen molar-refractivity contribution in [2.24, 2.45) is 4.99 Å². The van der Waals surface area contributed by atoms with E-state index in [1.807, 2.05) is 4.90 Å². The molecule has 2 saturated heterocycles. The van der Waals surface area contributed by atoms with Crippen molar-refractivity contribution in [2.45, 2.75) is 51.8 Å². The minimum absolute atomic E-state index is 0.270. The molecular formula is C20H30N4O2. The maximum Gasteiger partial charge on any atom is 0.222 e. The number of aliphatic imine (C=N–C) groups is 1. The van der Waals surface area contributed by atoms with Crippen molar-refractivity contribution in [1.82, 2.24) is 15.5 Å². The molecule has 1 amide bonds. The Morgan fingerprint density at radius 2 is 2.04 bits per heavy atom. The topological polar surface area (TPSA) is 66.0 Å². The van der Waals surface area contributed by atoms with Gasteiger partial charge in [-0.15, -0.1) is 0 Å². The van der Waals surface area contributed by atoms with E-state index in [1.54, 1.807) is 0 Å². The molecule has 1 unspecified atom stereocenters. The van der Waals surface area contributed by atoms with Gasteiger partial charge in [0.05, 0.1) is 12.6 Å². The zero-order valence-electron chi connectivity index (χ0n) is 15.7. The first kappa shape index (κ1) is 18.7. The SMILES string of the molecule is CCNC(=NCc1ccc(CN2CCCC2=O)cc1)NCC1CCCO1. The van der Waals surface area contributed by atoms with Gasteiger partial charge < -0.3 is 20.3 Å². The van der Waals surface area contributed by atoms with Gasteiger partial charge in [-0.1, -0.05) is 24.3 Å². The molecule has 142 valence electrons. The minimum Gasteiger partial charge on any atom is -0.376 e. The molecule has 2 aliphatic heterocycles. The average Bonchev–Trinajstić information content (AvgIpc) is 3.31. The van der Waals surface area contributed by atoms with Crippen molar-refractivity contribution in [1.29, 1.82) is 0 Å². The number of rotatable bonds is 7. The van der Waals surface area contributed by atoms with E-state index in [9.17, 15) is 4.79 Å². The van der Waals surface area contributed by atoms with Gasteiger partial charge in [-0.05, 0) is 37.3 Å². The third-order valence-electron chi connectivity index (χ3n) is 4.85. The van der Waals surface area contributed by atoms with E-state index in [-0.39, 0.29) is 5.91 Å². The van der Waals surface area contributed by atoms with Gasteiger partial charge in [0.25, 0.3) is 0 Å². The molecule has 1 atom stereocenters. The number of guanidine groups is 1. The lowest BCUT2D eigenvalue weighted by molar-refractivity contribution is -0.128. The van der Waals surface area contributed by atoms with Gasteiger partial charge in [-0.25, -0.2) is 4.99 Å². The number of benzene rings is 1. The highest BCUT2D eigenvalue weighted by Gasteiger charge is 2.19. The van der Waals surface area contributed by atoms with Gasteiger partial charge >= 0.3 is 0 Å². The third-order valence-corrected chi connectivity index (χ3v) is 4.85. The van der Waals surface area contributed by atoms with Crippen LogP contribution in [-0.2, 0) is 22.6 Å². The van der Waals surface area contributed by atoms with E-state index < -0.39 is 0 Å². The number of carbonyl (C=O) groups excluding carboxylic acids is 1. The molecule has 1 aromatic rings. The fourth-order valence-electron chi connectivity index (χ4n) is 3.37. The maximum absolute atomic E-state index is 11.7. The molecule has 0 spiro atoms. The highest BCUT2D eigenvalue weighted by Crippen LogP contribution is 2.15. The van der Waals surface area contributed by atoms with Crippen molar-refractivity contribution < 1.29 is 9.53 Å². The second-order valence-corrected chi connectivity index (χ2v) is 6.95. The molecule has 2 aliphatic rings. The number of nitrogens with one attached hydrogen (secondary N) is 2. The first-order valence-corrected chi connectivity index (χ1v) is 9.74. The summed E-state index contributed by atoms with van der Waals surface area (Å²) in [4.78, 5) is 18.3. The molecule has 0 radical (unpaired) electrons. The van der Waals surface area contributed by atoms with E-state index in [0.717, 1.165) is 57.0 Å². The summed E-state index contributed by atoms with van der Waals surface area (Å²) in [6, 6.07) is 8.40. The number of carbonyl (C=O) groups is 1. The first-order valence-electron chi connectivity index (χ1n) is 9.74. The Balaban J connectivity index is 1.50. The molecule has 6 nitrogen and oxygen atoms in total. The average molecular weight is 358 g/mol. The van der Waals surface area contributed by atoms with Crippen LogP contribution in [-0.4, -0.2) is 49.1 Å². The molecule has 0 aromatic heterocycles. The van der Waals surface area contributed by atoms with E-state index in [2.05, 4.69) is 46.8 Å². The largest absolute Gasteiger partial charge is 0.376 e. The summed E-state index contributed by atoms with van der Waals surface area (Å²) >= 11 is 0. The number of ether oxygens (including phenoxy) is 1. The Bertz CT molecular complexity index is 609. The highest BCUT2D eigenvalue weighted by molar-refractivity contribution is 5.79. The standard InChI is InChI=1S/C20H30N4O2/c1-2-21-20(23-14-18-5-4-12-26-18)22-13-16-7-9-17(10-8-16)15-24-11-3-6-19(24)25/h7-10,18H,2-6,11-15H2,1H3,(H2,21,22,23). The molecule has 3 rings (SSSR count). The van der Waals surface area contributed by atoms with Gasteiger partial charge in [0.15, 0.2) is 5.96 Å². The van der Waals surface area contributed by atoms with Crippen LogP contribution in [0.25, 0.3) is 0 Å². The highest BCUT2D eigenvalue weighted by atomic mass is 16.5. The quantitative estimate of drug-likeness (QED) is 0.578. The predicted molar refractivity (Wildman–Crippen MR) is 103 cm³/mol. The van der Waals surface area contributed by atoms with Crippen molar-refractivity contribution in [3.8, 4) is 0 Å². The van der Waals surface area contributed by atoms with Crippen LogP contribution in [0.3, 0.4) is 0 Å². The first-order chi connectivity index (χ1) is 12.7. The minimum atomic E-state index is 0.270. The molecule has 2 fully saturated rings. The summed E-state index contributed by atoms with van der Waals surface area (Å²) in [5, 5.41) is 6.65. The van der Waals surface area contributed by atoms with Crippen molar-refractivity contribution in [3.63, 3.8) is 0 Å². The summed E-state index contributed by atoms with van der Waals surface area (Å²) in [7, 11) is 0. The maximum atomic E-state index is 11.7. The molecule has 2 heterocycles. The summed E-state index contributed by atoms with van der Waals surface area (Å²) in [6.45, 7) is 6.80. The van der Waals surface area contributed by atoms with E-state index in [0.29, 0.717) is 25.6 Å². The van der Waals surface area contributed by atoms with Crippen LogP contribution in [0.5, 0.6) is 0 Å². The second kappa shape index (κ2) is 9.57. The zero-order valence-corrected chi connectivity index (χ0v) is 15.7. The smallest absolute Gasteiger partial charge is 0.222 e. The van der Waals surface area contributed by atoms with E-state index in [4.69, 9.17) is 4.74 Å². The Morgan fingerprint density at radius 1 is 1.23 bits per heavy atom. The molecule has 2 N–H and O–H groups in total. The van der Waals surface area contributed by atoms with Crippen LogP contribution >= 0.6 is 0 Å². The van der Waals surface area contributed by atoms with Gasteiger partial charge in [-0.3, -0.25) is 4.79 Å². The number of amides is 1. The van der Waals surface area contributed by atoms with Crippen molar-refractivity contribution in [3.05, 3.63) is 35.4 Å².